The summed E-state index contributed by atoms with van der Waals surface area (Å²) in [4.78, 5) is 24.5. The number of carbonyl (C=O) groups is 2. The van der Waals surface area contributed by atoms with Gasteiger partial charge in [0.15, 0.2) is 0 Å². The molecule has 0 fully saturated rings. The zero-order valence-corrected chi connectivity index (χ0v) is 13.4. The lowest BCUT2D eigenvalue weighted by atomic mass is 9.95. The maximum atomic E-state index is 12.4. The Morgan fingerprint density at radius 1 is 1.09 bits per heavy atom. The molecule has 23 heavy (non-hydrogen) atoms. The Morgan fingerprint density at radius 3 is 2.43 bits per heavy atom. The van der Waals surface area contributed by atoms with Crippen LogP contribution >= 0.6 is 0 Å². The van der Waals surface area contributed by atoms with Gasteiger partial charge in [0.2, 0.25) is 11.8 Å². The average Bonchev–Trinajstić information content (AvgIpc) is 3.07. The van der Waals surface area contributed by atoms with Gasteiger partial charge >= 0.3 is 0 Å². The third-order valence-electron chi connectivity index (χ3n) is 3.70. The number of hydrogen-bond acceptors (Lipinski definition) is 3. The largest absolute Gasteiger partial charge is 0.467 e. The highest BCUT2D eigenvalue weighted by molar-refractivity contribution is 5.90. The van der Waals surface area contributed by atoms with Crippen molar-refractivity contribution >= 4 is 11.8 Å². The van der Waals surface area contributed by atoms with Gasteiger partial charge in [-0.05, 0) is 31.0 Å². The second kappa shape index (κ2) is 8.17. The normalized spacial score (nSPS) is 13.1. The lowest BCUT2D eigenvalue weighted by Crippen LogP contribution is -2.46. The van der Waals surface area contributed by atoms with E-state index in [0.717, 1.165) is 5.56 Å². The Hall–Kier alpha value is -2.56. The summed E-state index contributed by atoms with van der Waals surface area (Å²) < 4.78 is 5.16. The van der Waals surface area contributed by atoms with Gasteiger partial charge in [-0.1, -0.05) is 37.3 Å². The Kier molecular flexibility index (Phi) is 5.97. The van der Waals surface area contributed by atoms with Crippen LogP contribution in [0.5, 0.6) is 0 Å². The minimum atomic E-state index is -0.602. The van der Waals surface area contributed by atoms with E-state index in [1.54, 1.807) is 25.3 Å². The molecule has 1 aromatic carbocycles. The van der Waals surface area contributed by atoms with Crippen LogP contribution in [0, 0.1) is 0 Å². The van der Waals surface area contributed by atoms with Crippen molar-refractivity contribution in [1.82, 2.24) is 10.6 Å². The Labute approximate surface area is 136 Å². The highest BCUT2D eigenvalue weighted by Gasteiger charge is 2.22. The van der Waals surface area contributed by atoms with Crippen molar-refractivity contribution in [3.05, 3.63) is 60.1 Å². The fourth-order valence-corrected chi connectivity index (χ4v) is 2.38. The number of benzene rings is 1. The molecule has 2 N–H and O–H groups in total. The molecule has 0 radical (unpaired) electrons. The number of amides is 2. The first-order valence-electron chi connectivity index (χ1n) is 7.77. The van der Waals surface area contributed by atoms with Crippen LogP contribution in [0.2, 0.25) is 0 Å². The van der Waals surface area contributed by atoms with Crippen LogP contribution in [0.25, 0.3) is 0 Å². The molecule has 5 heteroatoms. The molecule has 0 saturated heterocycles. The van der Waals surface area contributed by atoms with E-state index in [2.05, 4.69) is 10.6 Å². The molecule has 2 atom stereocenters. The number of furan rings is 1. The van der Waals surface area contributed by atoms with Gasteiger partial charge in [-0.15, -0.1) is 0 Å². The molecule has 122 valence electrons. The second-order valence-electron chi connectivity index (χ2n) is 5.40. The molecular weight excluding hydrogens is 292 g/mol. The van der Waals surface area contributed by atoms with Crippen LogP contribution < -0.4 is 10.6 Å². The van der Waals surface area contributed by atoms with Gasteiger partial charge in [0.1, 0.15) is 11.8 Å². The topological polar surface area (TPSA) is 71.3 Å². The summed E-state index contributed by atoms with van der Waals surface area (Å²) in [6, 6.07) is 12.5. The summed E-state index contributed by atoms with van der Waals surface area (Å²) >= 11 is 0. The predicted molar refractivity (Wildman–Crippen MR) is 87.6 cm³/mol. The number of hydrogen-bond donors (Lipinski definition) is 2. The highest BCUT2D eigenvalue weighted by atomic mass is 16.3. The Morgan fingerprint density at radius 2 is 1.83 bits per heavy atom. The fraction of sp³-hybridized carbons (Fsp3) is 0.333. The van der Waals surface area contributed by atoms with Crippen molar-refractivity contribution in [2.75, 3.05) is 0 Å². The van der Waals surface area contributed by atoms with E-state index in [0.29, 0.717) is 18.7 Å². The summed E-state index contributed by atoms with van der Waals surface area (Å²) in [6.07, 6.45) is 2.23. The molecule has 0 bridgehead atoms. The molecule has 0 aliphatic carbocycles. The molecule has 0 aliphatic rings. The molecular formula is C18H22N2O3. The third kappa shape index (κ3) is 4.71. The van der Waals surface area contributed by atoms with Crippen LogP contribution in [-0.2, 0) is 16.1 Å². The number of rotatable bonds is 7. The molecule has 1 aromatic heterocycles. The smallest absolute Gasteiger partial charge is 0.242 e. The first kappa shape index (κ1) is 16.8. The van der Waals surface area contributed by atoms with Crippen molar-refractivity contribution in [1.29, 1.82) is 0 Å². The molecule has 2 aromatic rings. The summed E-state index contributed by atoms with van der Waals surface area (Å²) in [5.74, 6) is 0.0427. The third-order valence-corrected chi connectivity index (χ3v) is 3.70. The van der Waals surface area contributed by atoms with Gasteiger partial charge in [-0.3, -0.25) is 9.59 Å². The number of carbonyl (C=O) groups excluding carboxylic acids is 2. The number of nitrogens with one attached hydrogen (secondary N) is 2. The monoisotopic (exact) mass is 314 g/mol. The van der Waals surface area contributed by atoms with E-state index in [1.165, 1.54) is 0 Å². The van der Waals surface area contributed by atoms with Crippen LogP contribution in [0.3, 0.4) is 0 Å². The average molecular weight is 314 g/mol. The predicted octanol–water partition coefficient (Wildman–Crippen LogP) is 2.59. The lowest BCUT2D eigenvalue weighted by Gasteiger charge is -2.19. The summed E-state index contributed by atoms with van der Waals surface area (Å²) in [7, 11) is 0. The van der Waals surface area contributed by atoms with Crippen LogP contribution in [0.1, 0.15) is 37.5 Å². The van der Waals surface area contributed by atoms with E-state index < -0.39 is 6.04 Å². The highest BCUT2D eigenvalue weighted by Crippen LogP contribution is 2.19. The Balaban J connectivity index is 1.88. The molecule has 2 rings (SSSR count). The van der Waals surface area contributed by atoms with Crippen molar-refractivity contribution < 1.29 is 14.0 Å². The Bertz CT molecular complexity index is 623. The maximum Gasteiger partial charge on any atom is 0.242 e. The first-order chi connectivity index (χ1) is 11.1. The minimum Gasteiger partial charge on any atom is -0.467 e. The fourth-order valence-electron chi connectivity index (χ4n) is 2.38. The van der Waals surface area contributed by atoms with Crippen LogP contribution in [0.15, 0.2) is 53.1 Å². The van der Waals surface area contributed by atoms with Gasteiger partial charge in [0.25, 0.3) is 0 Å². The molecule has 1 heterocycles. The van der Waals surface area contributed by atoms with E-state index >= 15 is 0 Å². The summed E-state index contributed by atoms with van der Waals surface area (Å²) in [6.45, 7) is 3.94. The van der Waals surface area contributed by atoms with Crippen LogP contribution in [-0.4, -0.2) is 17.9 Å². The quantitative estimate of drug-likeness (QED) is 0.825. The van der Waals surface area contributed by atoms with Gasteiger partial charge in [0, 0.05) is 0 Å². The van der Waals surface area contributed by atoms with Gasteiger partial charge in [0.05, 0.1) is 18.7 Å². The molecule has 0 unspecified atom stereocenters. The van der Waals surface area contributed by atoms with Crippen molar-refractivity contribution in [2.24, 2.45) is 0 Å². The zero-order chi connectivity index (χ0) is 16.7. The summed E-state index contributed by atoms with van der Waals surface area (Å²) in [5, 5.41) is 5.52. The van der Waals surface area contributed by atoms with Gasteiger partial charge < -0.3 is 15.1 Å². The van der Waals surface area contributed by atoms with Crippen molar-refractivity contribution in [2.45, 2.75) is 38.8 Å². The first-order valence-corrected chi connectivity index (χ1v) is 7.77. The van der Waals surface area contributed by atoms with Crippen molar-refractivity contribution in [3.8, 4) is 0 Å². The van der Waals surface area contributed by atoms with E-state index in [9.17, 15) is 9.59 Å². The van der Waals surface area contributed by atoms with Gasteiger partial charge in [-0.2, -0.15) is 0 Å². The minimum absolute atomic E-state index is 0.139. The maximum absolute atomic E-state index is 12.4. The molecule has 0 aliphatic heterocycles. The molecule has 0 spiro atoms. The molecule has 2 amide bonds. The van der Waals surface area contributed by atoms with E-state index in [1.807, 2.05) is 37.3 Å². The molecule has 0 saturated carbocycles. The van der Waals surface area contributed by atoms with Crippen LogP contribution in [0.4, 0.5) is 0 Å². The van der Waals surface area contributed by atoms with Crippen molar-refractivity contribution in [3.63, 3.8) is 0 Å². The van der Waals surface area contributed by atoms with Gasteiger partial charge in [-0.25, -0.2) is 0 Å². The lowest BCUT2D eigenvalue weighted by molar-refractivity contribution is -0.129. The summed E-state index contributed by atoms with van der Waals surface area (Å²) in [5.41, 5.74) is 0.954. The van der Waals surface area contributed by atoms with E-state index in [-0.39, 0.29) is 17.7 Å². The zero-order valence-electron chi connectivity index (χ0n) is 13.4. The molecule has 5 nitrogen and oxygen atoms in total. The SMILES string of the molecule is CC[C@H](C(=O)N[C@H](C)C(=O)NCc1ccco1)c1ccccc1. The second-order valence-corrected chi connectivity index (χ2v) is 5.40. The van der Waals surface area contributed by atoms with E-state index in [4.69, 9.17) is 4.42 Å². The standard InChI is InChI=1S/C18H22N2O3/c1-3-16(14-8-5-4-6-9-14)18(22)20-13(2)17(21)19-12-15-10-7-11-23-15/h4-11,13,16H,3,12H2,1-2H3,(H,19,21)(H,20,22)/t13-,16+/m1/s1.